The van der Waals surface area contributed by atoms with Crippen molar-refractivity contribution in [3.8, 4) is 0 Å². The lowest BCUT2D eigenvalue weighted by Gasteiger charge is -2.14. The first kappa shape index (κ1) is 15.2. The highest BCUT2D eigenvalue weighted by atomic mass is 35.5. The second-order valence-corrected chi connectivity index (χ2v) is 4.85. The van der Waals surface area contributed by atoms with Gasteiger partial charge in [-0.2, -0.15) is 0 Å². The Morgan fingerprint density at radius 2 is 2.05 bits per heavy atom. The Morgan fingerprint density at radius 3 is 2.62 bits per heavy atom. The number of benzene rings is 1. The van der Waals surface area contributed by atoms with Crippen LogP contribution < -0.4 is 16.6 Å². The van der Waals surface area contributed by atoms with Crippen LogP contribution in [0.1, 0.15) is 28.9 Å². The number of hydrazine groups is 1. The fourth-order valence-electron chi connectivity index (χ4n) is 1.78. The quantitative estimate of drug-likeness (QED) is 0.599. The van der Waals surface area contributed by atoms with Gasteiger partial charge in [0.25, 0.3) is 5.91 Å². The molecule has 0 aliphatic heterocycles. The van der Waals surface area contributed by atoms with Gasteiger partial charge in [0.15, 0.2) is 5.82 Å². The van der Waals surface area contributed by atoms with Crippen LogP contribution in [0.2, 0.25) is 5.02 Å². The lowest BCUT2D eigenvalue weighted by atomic mass is 10.1. The summed E-state index contributed by atoms with van der Waals surface area (Å²) in [5.41, 5.74) is 3.43. The summed E-state index contributed by atoms with van der Waals surface area (Å²) in [5.74, 6) is 4.86. The maximum atomic E-state index is 12.9. The molecule has 1 aromatic heterocycles. The van der Waals surface area contributed by atoms with Crippen molar-refractivity contribution in [1.29, 1.82) is 0 Å². The van der Waals surface area contributed by atoms with Crippen LogP contribution in [0.5, 0.6) is 0 Å². The maximum absolute atomic E-state index is 12.9. The number of carbonyl (C=O) groups excluding carboxylic acids is 1. The van der Waals surface area contributed by atoms with E-state index in [1.165, 1.54) is 24.4 Å². The minimum atomic E-state index is -0.329. The third-order valence-electron chi connectivity index (χ3n) is 2.96. The summed E-state index contributed by atoms with van der Waals surface area (Å²) in [6, 6.07) is 7.12. The van der Waals surface area contributed by atoms with Crippen LogP contribution >= 0.6 is 11.6 Å². The van der Waals surface area contributed by atoms with Crippen molar-refractivity contribution in [3.05, 3.63) is 58.5 Å². The van der Waals surface area contributed by atoms with Crippen LogP contribution in [-0.2, 0) is 0 Å². The molecule has 0 saturated carbocycles. The third kappa shape index (κ3) is 3.68. The molecule has 110 valence electrons. The van der Waals surface area contributed by atoms with Crippen molar-refractivity contribution >= 4 is 23.3 Å². The average molecular weight is 309 g/mol. The first-order chi connectivity index (χ1) is 10.0. The summed E-state index contributed by atoms with van der Waals surface area (Å²) in [6.07, 6.45) is 1.37. The summed E-state index contributed by atoms with van der Waals surface area (Å²) in [4.78, 5) is 16.0. The zero-order chi connectivity index (χ0) is 15.4. The van der Waals surface area contributed by atoms with Crippen molar-refractivity contribution in [3.63, 3.8) is 0 Å². The zero-order valence-corrected chi connectivity index (χ0v) is 12.0. The number of nitrogens with zero attached hydrogens (tertiary/aromatic N) is 1. The molecule has 21 heavy (non-hydrogen) atoms. The molecule has 2 aromatic rings. The number of nitrogen functional groups attached to an aromatic ring is 1. The average Bonchev–Trinajstić information content (AvgIpc) is 2.47. The topological polar surface area (TPSA) is 80.0 Å². The highest BCUT2D eigenvalue weighted by molar-refractivity contribution is 6.33. The number of hydrogen-bond donors (Lipinski definition) is 3. The number of nitrogens with one attached hydrogen (secondary N) is 2. The van der Waals surface area contributed by atoms with Crippen molar-refractivity contribution in [2.45, 2.75) is 13.0 Å². The van der Waals surface area contributed by atoms with Crippen LogP contribution in [0.15, 0.2) is 36.5 Å². The van der Waals surface area contributed by atoms with Gasteiger partial charge in [0, 0.05) is 6.20 Å². The Kier molecular flexibility index (Phi) is 4.72. The molecule has 4 N–H and O–H groups in total. The molecule has 0 aliphatic rings. The van der Waals surface area contributed by atoms with Gasteiger partial charge in [0.2, 0.25) is 0 Å². The first-order valence-electron chi connectivity index (χ1n) is 6.19. The fraction of sp³-hybridized carbons (Fsp3) is 0.143. The molecule has 0 spiro atoms. The van der Waals surface area contributed by atoms with Crippen LogP contribution in [-0.4, -0.2) is 10.9 Å². The predicted molar refractivity (Wildman–Crippen MR) is 79.3 cm³/mol. The largest absolute Gasteiger partial charge is 0.345 e. The highest BCUT2D eigenvalue weighted by Gasteiger charge is 2.13. The van der Waals surface area contributed by atoms with Crippen LogP contribution in [0.3, 0.4) is 0 Å². The van der Waals surface area contributed by atoms with Gasteiger partial charge in [-0.3, -0.25) is 4.79 Å². The maximum Gasteiger partial charge on any atom is 0.253 e. The van der Waals surface area contributed by atoms with Crippen LogP contribution in [0, 0.1) is 5.82 Å². The van der Waals surface area contributed by atoms with E-state index in [2.05, 4.69) is 15.7 Å². The normalized spacial score (nSPS) is 11.8. The third-order valence-corrected chi connectivity index (χ3v) is 3.25. The van der Waals surface area contributed by atoms with Gasteiger partial charge in [-0.25, -0.2) is 15.2 Å². The van der Waals surface area contributed by atoms with E-state index in [0.29, 0.717) is 11.4 Å². The number of anilines is 1. The minimum absolute atomic E-state index is 0.250. The first-order valence-corrected chi connectivity index (χ1v) is 6.57. The van der Waals surface area contributed by atoms with Crippen molar-refractivity contribution in [2.75, 3.05) is 5.43 Å². The number of aromatic nitrogens is 1. The van der Waals surface area contributed by atoms with E-state index < -0.39 is 0 Å². The van der Waals surface area contributed by atoms with E-state index in [9.17, 15) is 9.18 Å². The van der Waals surface area contributed by atoms with E-state index in [1.807, 2.05) is 0 Å². The smallest absolute Gasteiger partial charge is 0.253 e. The van der Waals surface area contributed by atoms with Crippen molar-refractivity contribution in [2.24, 2.45) is 5.84 Å². The molecule has 1 atom stereocenters. The molecular weight excluding hydrogens is 295 g/mol. The molecular formula is C14H14ClFN4O. The van der Waals surface area contributed by atoms with Gasteiger partial charge < -0.3 is 10.7 Å². The molecule has 0 saturated heterocycles. The van der Waals surface area contributed by atoms with Gasteiger partial charge in [0.1, 0.15) is 5.82 Å². The summed E-state index contributed by atoms with van der Waals surface area (Å²) >= 11 is 5.92. The molecule has 1 unspecified atom stereocenters. The standard InChI is InChI=1S/C14H14ClFN4O/c1-8(9-2-4-11(16)5-3-9)19-14(21)10-6-12(15)13(20-17)18-7-10/h2-8H,17H2,1H3,(H,18,20)(H,19,21). The molecule has 7 heteroatoms. The lowest BCUT2D eigenvalue weighted by molar-refractivity contribution is 0.0939. The number of hydrogen-bond acceptors (Lipinski definition) is 4. The SMILES string of the molecule is CC(NC(=O)c1cnc(NN)c(Cl)c1)c1ccc(F)cc1. The van der Waals surface area contributed by atoms with Crippen LogP contribution in [0.4, 0.5) is 10.2 Å². The Bertz CT molecular complexity index is 648. The molecule has 1 amide bonds. The summed E-state index contributed by atoms with van der Waals surface area (Å²) in [7, 11) is 0. The number of nitrogens with two attached hydrogens (primary N) is 1. The fourth-order valence-corrected chi connectivity index (χ4v) is 2.00. The summed E-state index contributed by atoms with van der Waals surface area (Å²) in [5, 5.41) is 3.03. The monoisotopic (exact) mass is 308 g/mol. The second-order valence-electron chi connectivity index (χ2n) is 4.45. The Labute approximate surface area is 126 Å². The Hall–Kier alpha value is -2.18. The van der Waals surface area contributed by atoms with E-state index in [-0.39, 0.29) is 22.8 Å². The molecule has 0 aliphatic carbocycles. The summed E-state index contributed by atoms with van der Waals surface area (Å²) < 4.78 is 12.9. The van der Waals surface area contributed by atoms with Gasteiger partial charge in [-0.15, -0.1) is 0 Å². The number of amides is 1. The van der Waals surface area contributed by atoms with Gasteiger partial charge in [0.05, 0.1) is 16.6 Å². The zero-order valence-electron chi connectivity index (χ0n) is 11.2. The van der Waals surface area contributed by atoms with Gasteiger partial charge >= 0.3 is 0 Å². The Morgan fingerprint density at radius 1 is 1.38 bits per heavy atom. The highest BCUT2D eigenvalue weighted by Crippen LogP contribution is 2.20. The Balaban J connectivity index is 2.10. The molecule has 2 rings (SSSR count). The molecule has 0 radical (unpaired) electrons. The van der Waals surface area contributed by atoms with Gasteiger partial charge in [-0.1, -0.05) is 23.7 Å². The van der Waals surface area contributed by atoms with Crippen LogP contribution in [0.25, 0.3) is 0 Å². The predicted octanol–water partition coefficient (Wildman–Crippen LogP) is 2.65. The molecule has 1 heterocycles. The number of halogens is 2. The number of carbonyl (C=O) groups is 1. The van der Waals surface area contributed by atoms with Crippen molar-refractivity contribution in [1.82, 2.24) is 10.3 Å². The number of rotatable bonds is 4. The summed E-state index contributed by atoms with van der Waals surface area (Å²) in [6.45, 7) is 1.80. The molecule has 0 bridgehead atoms. The van der Waals surface area contributed by atoms with Crippen molar-refractivity contribution < 1.29 is 9.18 Å². The number of pyridine rings is 1. The van der Waals surface area contributed by atoms with E-state index in [0.717, 1.165) is 5.56 Å². The molecule has 5 nitrogen and oxygen atoms in total. The van der Waals surface area contributed by atoms with Gasteiger partial charge in [-0.05, 0) is 30.7 Å². The second kappa shape index (κ2) is 6.51. The van der Waals surface area contributed by atoms with E-state index in [1.54, 1.807) is 19.1 Å². The van der Waals surface area contributed by atoms with E-state index >= 15 is 0 Å². The molecule has 0 fully saturated rings. The van der Waals surface area contributed by atoms with E-state index in [4.69, 9.17) is 17.4 Å². The minimum Gasteiger partial charge on any atom is -0.345 e. The molecule has 1 aromatic carbocycles. The lowest BCUT2D eigenvalue weighted by Crippen LogP contribution is -2.26.